The van der Waals surface area contributed by atoms with Crippen LogP contribution in [0.1, 0.15) is 62.2 Å². The third-order valence-corrected chi connectivity index (χ3v) is 6.73. The molecule has 0 saturated carbocycles. The number of rotatable bonds is 13. The SMILES string of the molecule is CC(C)Cc1nc(-c2cnc(N3CCC(CCCOc4cc(F)c(C(=O)NCCCO)c(F)c4)CC3)nc2)no1. The van der Waals surface area contributed by atoms with Crippen LogP contribution in [0.2, 0.25) is 0 Å². The van der Waals surface area contributed by atoms with Crippen molar-refractivity contribution in [2.24, 2.45) is 11.8 Å². The van der Waals surface area contributed by atoms with Gasteiger partial charge < -0.3 is 24.6 Å². The number of nitrogens with one attached hydrogen (secondary N) is 1. The number of anilines is 1. The van der Waals surface area contributed by atoms with Gasteiger partial charge >= 0.3 is 0 Å². The van der Waals surface area contributed by atoms with E-state index >= 15 is 0 Å². The van der Waals surface area contributed by atoms with Crippen LogP contribution in [0.3, 0.4) is 0 Å². The number of hydrogen-bond donors (Lipinski definition) is 2. The molecule has 1 aliphatic rings. The van der Waals surface area contributed by atoms with Crippen molar-refractivity contribution in [3.63, 3.8) is 0 Å². The van der Waals surface area contributed by atoms with Crippen molar-refractivity contribution in [2.45, 2.75) is 52.4 Å². The number of ether oxygens (including phenoxy) is 1. The number of carbonyl (C=O) groups excluding carboxylic acids is 1. The van der Waals surface area contributed by atoms with Gasteiger partial charge in [-0.05, 0) is 43.9 Å². The second-order valence-electron chi connectivity index (χ2n) is 10.4. The number of benzene rings is 1. The molecule has 1 amide bonds. The Bertz CT molecular complexity index is 1220. The van der Waals surface area contributed by atoms with Crippen molar-refractivity contribution in [2.75, 3.05) is 37.7 Å². The predicted octanol–water partition coefficient (Wildman–Crippen LogP) is 4.19. The van der Waals surface area contributed by atoms with Gasteiger partial charge in [0.05, 0.1) is 12.2 Å². The minimum atomic E-state index is -0.979. The van der Waals surface area contributed by atoms with Crippen LogP contribution in [0.25, 0.3) is 11.4 Å². The number of hydrogen-bond acceptors (Lipinski definition) is 9. The van der Waals surface area contributed by atoms with E-state index in [2.05, 4.69) is 44.2 Å². The second kappa shape index (κ2) is 14.1. The summed E-state index contributed by atoms with van der Waals surface area (Å²) >= 11 is 0. The Morgan fingerprint density at radius 2 is 1.88 bits per heavy atom. The highest BCUT2D eigenvalue weighted by Crippen LogP contribution is 2.26. The summed E-state index contributed by atoms with van der Waals surface area (Å²) < 4.78 is 39.5. The zero-order valence-corrected chi connectivity index (χ0v) is 22.9. The number of halogens is 2. The Morgan fingerprint density at radius 3 is 2.52 bits per heavy atom. The normalized spacial score (nSPS) is 14.1. The third kappa shape index (κ3) is 7.93. The molecule has 216 valence electrons. The Hall–Kier alpha value is -3.67. The number of aliphatic hydroxyl groups excluding tert-OH is 1. The lowest BCUT2D eigenvalue weighted by Crippen LogP contribution is -2.34. The fourth-order valence-electron chi connectivity index (χ4n) is 4.61. The maximum atomic E-state index is 14.3. The van der Waals surface area contributed by atoms with Gasteiger partial charge in [-0.1, -0.05) is 19.0 Å². The van der Waals surface area contributed by atoms with E-state index in [-0.39, 0.29) is 18.9 Å². The molecule has 0 spiro atoms. The van der Waals surface area contributed by atoms with Gasteiger partial charge in [0.2, 0.25) is 17.7 Å². The van der Waals surface area contributed by atoms with Gasteiger partial charge in [-0.25, -0.2) is 18.7 Å². The van der Waals surface area contributed by atoms with Gasteiger partial charge in [-0.15, -0.1) is 0 Å². The molecule has 0 bridgehead atoms. The van der Waals surface area contributed by atoms with Gasteiger partial charge in [0.1, 0.15) is 22.9 Å². The van der Waals surface area contributed by atoms with Crippen LogP contribution in [0.15, 0.2) is 29.0 Å². The van der Waals surface area contributed by atoms with E-state index in [0.717, 1.165) is 57.3 Å². The molecule has 10 nitrogen and oxygen atoms in total. The molecule has 0 atom stereocenters. The van der Waals surface area contributed by atoms with Crippen LogP contribution in [0.5, 0.6) is 5.75 Å². The number of amides is 1. The summed E-state index contributed by atoms with van der Waals surface area (Å²) in [5.74, 6) is -0.0568. The summed E-state index contributed by atoms with van der Waals surface area (Å²) in [6.45, 7) is 6.19. The van der Waals surface area contributed by atoms with E-state index in [1.54, 1.807) is 12.4 Å². The first-order valence-corrected chi connectivity index (χ1v) is 13.7. The number of piperidine rings is 1. The molecule has 1 saturated heterocycles. The number of carbonyl (C=O) groups is 1. The van der Waals surface area contributed by atoms with Crippen LogP contribution in [0, 0.1) is 23.5 Å². The fourth-order valence-corrected chi connectivity index (χ4v) is 4.61. The molecule has 0 unspecified atom stereocenters. The average molecular weight is 559 g/mol. The number of nitrogens with zero attached hydrogens (tertiary/aromatic N) is 5. The molecule has 12 heteroatoms. The standard InChI is InChI=1S/C28H36F2N6O4/c1-18(2)13-24-34-26(35-40-24)20-16-32-28(33-17-20)36-9-6-19(7-10-36)5-3-12-39-21-14-22(29)25(23(30)15-21)27(38)31-8-4-11-37/h14-19,37H,3-13H2,1-2H3,(H,31,38). The minimum Gasteiger partial charge on any atom is -0.493 e. The smallest absolute Gasteiger partial charge is 0.257 e. The van der Waals surface area contributed by atoms with Gasteiger partial charge in [-0.2, -0.15) is 4.98 Å². The first-order valence-electron chi connectivity index (χ1n) is 13.7. The van der Waals surface area contributed by atoms with E-state index in [9.17, 15) is 13.6 Å². The highest BCUT2D eigenvalue weighted by Gasteiger charge is 2.22. The van der Waals surface area contributed by atoms with E-state index in [0.29, 0.717) is 48.1 Å². The Balaban J connectivity index is 1.18. The highest BCUT2D eigenvalue weighted by molar-refractivity contribution is 5.94. The van der Waals surface area contributed by atoms with Crippen LogP contribution in [0.4, 0.5) is 14.7 Å². The van der Waals surface area contributed by atoms with E-state index < -0.39 is 23.1 Å². The molecule has 1 aromatic carbocycles. The summed E-state index contributed by atoms with van der Waals surface area (Å²) in [6.07, 6.45) is 8.11. The fraction of sp³-hybridized carbons (Fsp3) is 0.536. The van der Waals surface area contributed by atoms with Crippen molar-refractivity contribution in [1.29, 1.82) is 0 Å². The van der Waals surface area contributed by atoms with Gasteiger partial charge in [0, 0.05) is 57.2 Å². The second-order valence-corrected chi connectivity index (χ2v) is 10.4. The lowest BCUT2D eigenvalue weighted by molar-refractivity contribution is 0.0942. The quantitative estimate of drug-likeness (QED) is 0.297. The van der Waals surface area contributed by atoms with Crippen molar-refractivity contribution in [1.82, 2.24) is 25.4 Å². The molecule has 3 heterocycles. The molecule has 2 N–H and O–H groups in total. The van der Waals surface area contributed by atoms with E-state index in [1.165, 1.54) is 0 Å². The van der Waals surface area contributed by atoms with Gasteiger partial charge in [0.25, 0.3) is 5.91 Å². The minimum absolute atomic E-state index is 0.0503. The largest absolute Gasteiger partial charge is 0.493 e. The molecule has 0 aliphatic carbocycles. The van der Waals surface area contributed by atoms with Crippen molar-refractivity contribution in [3.8, 4) is 17.1 Å². The van der Waals surface area contributed by atoms with Crippen molar-refractivity contribution in [3.05, 3.63) is 47.6 Å². The Morgan fingerprint density at radius 1 is 1.18 bits per heavy atom. The summed E-state index contributed by atoms with van der Waals surface area (Å²) in [7, 11) is 0. The molecule has 0 radical (unpaired) electrons. The maximum absolute atomic E-state index is 14.3. The Kier molecular flexibility index (Phi) is 10.3. The monoisotopic (exact) mass is 558 g/mol. The summed E-state index contributed by atoms with van der Waals surface area (Å²) in [4.78, 5) is 27.6. The van der Waals surface area contributed by atoms with Crippen molar-refractivity contribution >= 4 is 11.9 Å². The average Bonchev–Trinajstić information content (AvgIpc) is 3.39. The first kappa shape index (κ1) is 29.3. The summed E-state index contributed by atoms with van der Waals surface area (Å²) in [6, 6.07) is 2.05. The van der Waals surface area contributed by atoms with Crippen molar-refractivity contribution < 1.29 is 27.9 Å². The third-order valence-electron chi connectivity index (χ3n) is 6.73. The molecule has 1 aliphatic heterocycles. The van der Waals surface area contributed by atoms with Crippen LogP contribution < -0.4 is 15.0 Å². The lowest BCUT2D eigenvalue weighted by atomic mass is 9.92. The molecular weight excluding hydrogens is 522 g/mol. The van der Waals surface area contributed by atoms with Crippen LogP contribution in [-0.4, -0.2) is 64.0 Å². The molecule has 2 aromatic heterocycles. The molecule has 4 rings (SSSR count). The molecular formula is C28H36F2N6O4. The number of aromatic nitrogens is 4. The first-order chi connectivity index (χ1) is 19.3. The number of aliphatic hydroxyl groups is 1. The van der Waals surface area contributed by atoms with E-state index in [1.807, 2.05) is 0 Å². The maximum Gasteiger partial charge on any atom is 0.257 e. The van der Waals surface area contributed by atoms with Gasteiger partial charge in [-0.3, -0.25) is 4.79 Å². The zero-order chi connectivity index (χ0) is 28.5. The lowest BCUT2D eigenvalue weighted by Gasteiger charge is -2.32. The zero-order valence-electron chi connectivity index (χ0n) is 22.9. The van der Waals surface area contributed by atoms with Crippen LogP contribution in [-0.2, 0) is 6.42 Å². The molecule has 1 fully saturated rings. The summed E-state index contributed by atoms with van der Waals surface area (Å²) in [5.41, 5.74) is 0.0642. The molecule has 40 heavy (non-hydrogen) atoms. The van der Waals surface area contributed by atoms with E-state index in [4.69, 9.17) is 14.4 Å². The Labute approximate surface area is 232 Å². The highest BCUT2D eigenvalue weighted by atomic mass is 19.1. The molecule has 3 aromatic rings. The van der Waals surface area contributed by atoms with Crippen LogP contribution >= 0.6 is 0 Å². The van der Waals surface area contributed by atoms with Gasteiger partial charge in [0.15, 0.2) is 0 Å². The predicted molar refractivity (Wildman–Crippen MR) is 144 cm³/mol. The topological polar surface area (TPSA) is 126 Å². The summed E-state index contributed by atoms with van der Waals surface area (Å²) in [5, 5.41) is 15.2.